The van der Waals surface area contributed by atoms with Gasteiger partial charge in [0.15, 0.2) is 0 Å². The van der Waals surface area contributed by atoms with Crippen LogP contribution in [0.25, 0.3) is 22.3 Å². The lowest BCUT2D eigenvalue weighted by Crippen LogP contribution is -2.27. The van der Waals surface area contributed by atoms with Crippen molar-refractivity contribution in [1.29, 1.82) is 0 Å². The van der Waals surface area contributed by atoms with E-state index in [4.69, 9.17) is 5.11 Å². The molecule has 0 aliphatic heterocycles. The monoisotopic (exact) mass is 305 g/mol. The van der Waals surface area contributed by atoms with Gasteiger partial charge in [0, 0.05) is 11.8 Å². The van der Waals surface area contributed by atoms with E-state index in [1.807, 2.05) is 54.6 Å². The second-order valence-electron chi connectivity index (χ2n) is 5.26. The Bertz CT molecular complexity index is 910. The van der Waals surface area contributed by atoms with E-state index in [-0.39, 0.29) is 0 Å². The lowest BCUT2D eigenvalue weighted by molar-refractivity contribution is 0.195. The second kappa shape index (κ2) is 5.93. The van der Waals surface area contributed by atoms with Crippen LogP contribution in [0.15, 0.2) is 71.7 Å². The molecule has 0 unspecified atom stereocenters. The van der Waals surface area contributed by atoms with Crippen LogP contribution in [-0.2, 0) is 0 Å². The van der Waals surface area contributed by atoms with E-state index in [9.17, 15) is 9.59 Å². The Hall–Kier alpha value is -3.14. The Morgan fingerprint density at radius 3 is 2.04 bits per heavy atom. The summed E-state index contributed by atoms with van der Waals surface area (Å²) in [5.41, 5.74) is 3.75. The molecule has 3 aromatic rings. The molecule has 0 saturated carbocycles. The molecule has 0 saturated heterocycles. The molecule has 4 nitrogen and oxygen atoms in total. The van der Waals surface area contributed by atoms with Crippen LogP contribution in [0.2, 0.25) is 0 Å². The molecule has 0 bridgehead atoms. The third kappa shape index (κ3) is 2.79. The molecule has 1 heterocycles. The summed E-state index contributed by atoms with van der Waals surface area (Å²) in [6, 6.07) is 19.5. The minimum absolute atomic E-state index is 0.419. The summed E-state index contributed by atoms with van der Waals surface area (Å²) >= 11 is 0. The molecule has 3 rings (SSSR count). The highest BCUT2D eigenvalue weighted by atomic mass is 16.4. The van der Waals surface area contributed by atoms with Gasteiger partial charge >= 0.3 is 6.09 Å². The molecule has 0 radical (unpaired) electrons. The molecule has 0 fully saturated rings. The van der Waals surface area contributed by atoms with Crippen molar-refractivity contribution >= 4 is 6.09 Å². The van der Waals surface area contributed by atoms with Crippen molar-refractivity contribution in [2.75, 3.05) is 0 Å². The van der Waals surface area contributed by atoms with Crippen molar-refractivity contribution in [3.63, 3.8) is 0 Å². The lowest BCUT2D eigenvalue weighted by atomic mass is 9.98. The van der Waals surface area contributed by atoms with Crippen molar-refractivity contribution in [1.82, 2.24) is 4.57 Å². The summed E-state index contributed by atoms with van der Waals surface area (Å²) in [4.78, 5) is 23.1. The van der Waals surface area contributed by atoms with E-state index in [1.54, 1.807) is 13.0 Å². The number of hydrogen-bond donors (Lipinski definition) is 1. The Morgan fingerprint density at radius 1 is 0.870 bits per heavy atom. The fourth-order valence-electron chi connectivity index (χ4n) is 2.57. The maximum absolute atomic E-state index is 12.1. The number of hydrogen-bond acceptors (Lipinski definition) is 2. The van der Waals surface area contributed by atoms with Crippen LogP contribution in [0.3, 0.4) is 0 Å². The van der Waals surface area contributed by atoms with Gasteiger partial charge in [0.25, 0.3) is 5.56 Å². The molecule has 0 aliphatic rings. The van der Waals surface area contributed by atoms with Gasteiger partial charge in [0.05, 0.1) is 0 Å². The van der Waals surface area contributed by atoms with Gasteiger partial charge in [-0.2, -0.15) is 0 Å². The average Bonchev–Trinajstić information content (AvgIpc) is 2.58. The summed E-state index contributed by atoms with van der Waals surface area (Å²) in [6.07, 6.45) is 0.0158. The molecule has 23 heavy (non-hydrogen) atoms. The highest BCUT2D eigenvalue weighted by molar-refractivity contribution is 5.74. The van der Waals surface area contributed by atoms with E-state index < -0.39 is 11.7 Å². The number of nitrogens with zero attached hydrogens (tertiary/aromatic N) is 1. The van der Waals surface area contributed by atoms with Crippen molar-refractivity contribution in [2.45, 2.75) is 6.92 Å². The maximum Gasteiger partial charge on any atom is 0.418 e. The Balaban J connectivity index is 2.02. The zero-order valence-corrected chi connectivity index (χ0v) is 12.6. The van der Waals surface area contributed by atoms with E-state index in [2.05, 4.69) is 0 Å². The van der Waals surface area contributed by atoms with Crippen molar-refractivity contribution in [3.8, 4) is 22.3 Å². The zero-order chi connectivity index (χ0) is 16.4. The van der Waals surface area contributed by atoms with E-state index in [0.717, 1.165) is 22.3 Å². The van der Waals surface area contributed by atoms with Crippen LogP contribution in [0.1, 0.15) is 5.56 Å². The second-order valence-corrected chi connectivity index (χ2v) is 5.26. The van der Waals surface area contributed by atoms with E-state index in [0.29, 0.717) is 10.1 Å². The molecule has 114 valence electrons. The van der Waals surface area contributed by atoms with Crippen LogP contribution in [0.5, 0.6) is 0 Å². The summed E-state index contributed by atoms with van der Waals surface area (Å²) in [5, 5.41) is 8.98. The van der Waals surface area contributed by atoms with Crippen LogP contribution in [0.4, 0.5) is 4.79 Å². The smallest absolute Gasteiger partial charge is 0.418 e. The number of benzene rings is 2. The van der Waals surface area contributed by atoms with Crippen molar-refractivity contribution in [3.05, 3.63) is 82.8 Å². The minimum Gasteiger partial charge on any atom is -0.464 e. The van der Waals surface area contributed by atoms with Gasteiger partial charge in [-0.3, -0.25) is 4.79 Å². The Kier molecular flexibility index (Phi) is 3.81. The Morgan fingerprint density at radius 2 is 1.43 bits per heavy atom. The molecular weight excluding hydrogens is 290 g/mol. The zero-order valence-electron chi connectivity index (χ0n) is 12.6. The van der Waals surface area contributed by atoms with Gasteiger partial charge in [-0.25, -0.2) is 9.36 Å². The summed E-state index contributed by atoms with van der Waals surface area (Å²) < 4.78 is 0.692. The number of pyridine rings is 1. The lowest BCUT2D eigenvalue weighted by Gasteiger charge is -2.09. The largest absolute Gasteiger partial charge is 0.464 e. The van der Waals surface area contributed by atoms with E-state index >= 15 is 0 Å². The molecule has 1 aromatic heterocycles. The average molecular weight is 305 g/mol. The number of aromatic nitrogens is 1. The first-order valence-corrected chi connectivity index (χ1v) is 7.19. The topological polar surface area (TPSA) is 59.3 Å². The highest BCUT2D eigenvalue weighted by Gasteiger charge is 2.11. The highest BCUT2D eigenvalue weighted by Crippen LogP contribution is 2.25. The van der Waals surface area contributed by atoms with Gasteiger partial charge in [-0.1, -0.05) is 54.6 Å². The normalized spacial score (nSPS) is 10.5. The van der Waals surface area contributed by atoms with E-state index in [1.165, 1.54) is 6.20 Å². The summed E-state index contributed by atoms with van der Waals surface area (Å²) in [6.45, 7) is 1.64. The first-order valence-electron chi connectivity index (χ1n) is 7.19. The molecule has 0 amide bonds. The number of carbonyl (C=O) groups is 1. The quantitative estimate of drug-likeness (QED) is 0.778. The minimum atomic E-state index is -1.27. The SMILES string of the molecule is Cc1c(-c2ccc(-c3ccccc3)cc2)ccn(C(=O)O)c1=O. The third-order valence-corrected chi connectivity index (χ3v) is 3.84. The van der Waals surface area contributed by atoms with Gasteiger partial charge < -0.3 is 5.11 Å². The molecule has 2 aromatic carbocycles. The number of carboxylic acid groups (broad SMARTS) is 1. The fourth-order valence-corrected chi connectivity index (χ4v) is 2.57. The number of rotatable bonds is 2. The molecule has 0 spiro atoms. The molecule has 1 N–H and O–H groups in total. The predicted octanol–water partition coefficient (Wildman–Crippen LogP) is 4.02. The molecular formula is C19H15NO3. The van der Waals surface area contributed by atoms with Gasteiger partial charge in [-0.15, -0.1) is 0 Å². The third-order valence-electron chi connectivity index (χ3n) is 3.84. The van der Waals surface area contributed by atoms with Crippen molar-refractivity contribution in [2.24, 2.45) is 0 Å². The first kappa shape index (κ1) is 14.8. The van der Waals surface area contributed by atoms with Crippen LogP contribution < -0.4 is 5.56 Å². The first-order chi connectivity index (χ1) is 11.1. The molecule has 0 atom stereocenters. The molecule has 4 heteroatoms. The van der Waals surface area contributed by atoms with Gasteiger partial charge in [-0.05, 0) is 35.2 Å². The Labute approximate surface area is 133 Å². The van der Waals surface area contributed by atoms with Gasteiger partial charge in [0.2, 0.25) is 0 Å². The standard InChI is InChI=1S/C19H15NO3/c1-13-17(11-12-20(18(13)21)19(22)23)16-9-7-15(8-10-16)14-5-3-2-4-6-14/h2-12H,1H3,(H,22,23). The van der Waals surface area contributed by atoms with Crippen LogP contribution in [0, 0.1) is 6.92 Å². The van der Waals surface area contributed by atoms with Crippen LogP contribution >= 0.6 is 0 Å². The fraction of sp³-hybridized carbons (Fsp3) is 0.0526. The predicted molar refractivity (Wildman–Crippen MR) is 89.7 cm³/mol. The maximum atomic E-state index is 12.1. The summed E-state index contributed by atoms with van der Waals surface area (Å²) in [5.74, 6) is 0. The molecule has 0 aliphatic carbocycles. The van der Waals surface area contributed by atoms with Crippen molar-refractivity contribution < 1.29 is 9.90 Å². The van der Waals surface area contributed by atoms with Crippen LogP contribution in [-0.4, -0.2) is 15.8 Å². The summed E-state index contributed by atoms with van der Waals surface area (Å²) in [7, 11) is 0. The van der Waals surface area contributed by atoms with Gasteiger partial charge in [0.1, 0.15) is 0 Å².